The Bertz CT molecular complexity index is 1460. The van der Waals surface area contributed by atoms with Gasteiger partial charge in [-0.3, -0.25) is 24.4 Å². The Kier molecular flexibility index (Phi) is 7.82. The van der Waals surface area contributed by atoms with Crippen molar-refractivity contribution in [2.45, 2.75) is 45.6 Å². The summed E-state index contributed by atoms with van der Waals surface area (Å²) in [6.45, 7) is 3.58. The number of nitrogens with zero attached hydrogens (tertiary/aromatic N) is 4. The number of ether oxygens (including phenoxy) is 1. The molecule has 1 aliphatic heterocycles. The molecule has 9 nitrogen and oxygen atoms in total. The molecule has 3 amide bonds. The molecule has 40 heavy (non-hydrogen) atoms. The number of hydrogen-bond donors (Lipinski definition) is 1. The number of aromatic nitrogens is 2. The van der Waals surface area contributed by atoms with E-state index in [1.165, 1.54) is 22.2 Å². The van der Waals surface area contributed by atoms with Gasteiger partial charge in [0.25, 0.3) is 11.8 Å². The van der Waals surface area contributed by atoms with Gasteiger partial charge in [-0.1, -0.05) is 18.2 Å². The van der Waals surface area contributed by atoms with Crippen LogP contribution in [0.15, 0.2) is 72.6 Å². The van der Waals surface area contributed by atoms with Crippen molar-refractivity contribution in [2.24, 2.45) is 0 Å². The van der Waals surface area contributed by atoms with E-state index in [1.807, 2.05) is 44.2 Å². The van der Waals surface area contributed by atoms with Crippen molar-refractivity contribution in [1.29, 1.82) is 0 Å². The lowest BCUT2D eigenvalue weighted by Crippen LogP contribution is -2.44. The van der Waals surface area contributed by atoms with Crippen LogP contribution in [0.5, 0.6) is 5.75 Å². The lowest BCUT2D eigenvalue weighted by molar-refractivity contribution is -0.131. The highest BCUT2D eigenvalue weighted by Gasteiger charge is 2.33. The highest BCUT2D eigenvalue weighted by atomic mass is 16.5. The molecule has 1 N–H and O–H groups in total. The number of aryl methyl sites for hydroxylation is 1. The number of methoxy groups -OCH3 is 1. The lowest BCUT2D eigenvalue weighted by atomic mass is 9.95. The van der Waals surface area contributed by atoms with Crippen LogP contribution in [-0.2, 0) is 27.2 Å². The van der Waals surface area contributed by atoms with Crippen molar-refractivity contribution in [3.8, 4) is 5.75 Å². The minimum absolute atomic E-state index is 0.0536. The second kappa shape index (κ2) is 11.6. The molecule has 3 aromatic rings. The smallest absolute Gasteiger partial charge is 0.268 e. The molecule has 0 radical (unpaired) electrons. The Morgan fingerprint density at radius 3 is 2.45 bits per heavy atom. The summed E-state index contributed by atoms with van der Waals surface area (Å²) < 4.78 is 5.25. The van der Waals surface area contributed by atoms with E-state index in [1.54, 1.807) is 42.4 Å². The maximum atomic E-state index is 13.9. The van der Waals surface area contributed by atoms with Crippen LogP contribution in [0.3, 0.4) is 0 Å². The van der Waals surface area contributed by atoms with Gasteiger partial charge in [-0.25, -0.2) is 0 Å². The van der Waals surface area contributed by atoms with Crippen LogP contribution in [0, 0.1) is 0 Å². The highest BCUT2D eigenvalue weighted by molar-refractivity contribution is 6.28. The van der Waals surface area contributed by atoms with E-state index in [0.29, 0.717) is 22.8 Å². The van der Waals surface area contributed by atoms with E-state index < -0.39 is 11.8 Å². The van der Waals surface area contributed by atoms with Crippen LogP contribution >= 0.6 is 0 Å². The van der Waals surface area contributed by atoms with Crippen molar-refractivity contribution in [3.63, 3.8) is 0 Å². The van der Waals surface area contributed by atoms with Gasteiger partial charge in [0.2, 0.25) is 5.91 Å². The molecule has 2 aliphatic rings. The predicted octanol–water partition coefficient (Wildman–Crippen LogP) is 4.47. The average Bonchev–Trinajstić information content (AvgIpc) is 3.34. The Morgan fingerprint density at radius 1 is 1.02 bits per heavy atom. The number of benzene rings is 2. The molecular formula is C31H33N5O4. The van der Waals surface area contributed by atoms with Gasteiger partial charge in [-0.15, -0.1) is 0 Å². The molecule has 206 valence electrons. The molecule has 2 heterocycles. The number of fused-ring (bicyclic) bond motifs is 1. The fraction of sp³-hybridized carbons (Fsp3) is 0.290. The zero-order chi connectivity index (χ0) is 28.2. The topological polar surface area (TPSA) is 98.8 Å². The van der Waals surface area contributed by atoms with Crippen LogP contribution in [-0.4, -0.2) is 52.5 Å². The zero-order valence-electron chi connectivity index (χ0n) is 23.0. The van der Waals surface area contributed by atoms with Crippen LogP contribution < -0.4 is 14.5 Å². The van der Waals surface area contributed by atoms with Gasteiger partial charge >= 0.3 is 0 Å². The number of aromatic amines is 1. The summed E-state index contributed by atoms with van der Waals surface area (Å²) in [5, 5.41) is 7.50. The normalized spacial score (nSPS) is 16.4. The van der Waals surface area contributed by atoms with E-state index >= 15 is 0 Å². The standard InChI is InChI=1S/C31H33N5O4/c1-21(2)36(23-13-15-24(40-3)16-14-23)29(37)20-34-17-18-35(22-9-5-4-6-10-22)31(39)26(30(34)38)19-28-25-11-7-8-12-27(25)32-33-28/h4-6,9-10,13-19,21H,7-8,11-12,20H2,1-3H3,(H,32,33). The summed E-state index contributed by atoms with van der Waals surface area (Å²) in [4.78, 5) is 45.7. The minimum atomic E-state index is -0.556. The number of carbonyl (C=O) groups excluding carboxylic acids is 3. The third-order valence-corrected chi connectivity index (χ3v) is 7.18. The van der Waals surface area contributed by atoms with Crippen molar-refractivity contribution in [2.75, 3.05) is 23.5 Å². The van der Waals surface area contributed by atoms with Crippen molar-refractivity contribution >= 4 is 35.2 Å². The van der Waals surface area contributed by atoms with Gasteiger partial charge in [0, 0.05) is 41.1 Å². The number of anilines is 2. The molecule has 9 heteroatoms. The van der Waals surface area contributed by atoms with Crippen molar-refractivity contribution < 1.29 is 19.1 Å². The first-order chi connectivity index (χ1) is 19.4. The number of amides is 3. The fourth-order valence-corrected chi connectivity index (χ4v) is 5.16. The van der Waals surface area contributed by atoms with Gasteiger partial charge in [-0.2, -0.15) is 5.10 Å². The molecule has 0 saturated carbocycles. The fourth-order valence-electron chi connectivity index (χ4n) is 5.16. The van der Waals surface area contributed by atoms with Crippen molar-refractivity contribution in [1.82, 2.24) is 15.1 Å². The highest BCUT2D eigenvalue weighted by Crippen LogP contribution is 2.27. The second-order valence-corrected chi connectivity index (χ2v) is 10.1. The van der Waals surface area contributed by atoms with E-state index in [-0.39, 0.29) is 24.1 Å². The Hall–Kier alpha value is -4.66. The number of rotatable bonds is 7. The summed E-state index contributed by atoms with van der Waals surface area (Å²) in [5.41, 5.74) is 3.92. The van der Waals surface area contributed by atoms with Crippen molar-refractivity contribution in [3.05, 3.63) is 89.5 Å². The molecule has 1 aliphatic carbocycles. The van der Waals surface area contributed by atoms with Gasteiger partial charge in [0.1, 0.15) is 17.9 Å². The first-order valence-electron chi connectivity index (χ1n) is 13.5. The number of H-pyrrole nitrogens is 1. The quantitative estimate of drug-likeness (QED) is 0.353. The van der Waals surface area contributed by atoms with Gasteiger partial charge in [0.15, 0.2) is 0 Å². The third-order valence-electron chi connectivity index (χ3n) is 7.18. The molecule has 1 aromatic heterocycles. The summed E-state index contributed by atoms with van der Waals surface area (Å²) >= 11 is 0. The summed E-state index contributed by atoms with van der Waals surface area (Å²) in [6, 6.07) is 16.1. The van der Waals surface area contributed by atoms with Crippen LogP contribution in [0.2, 0.25) is 0 Å². The van der Waals surface area contributed by atoms with E-state index in [2.05, 4.69) is 10.2 Å². The predicted molar refractivity (Wildman–Crippen MR) is 154 cm³/mol. The van der Waals surface area contributed by atoms with Gasteiger partial charge in [-0.05, 0) is 82.0 Å². The van der Waals surface area contributed by atoms with Crippen LogP contribution in [0.25, 0.3) is 6.08 Å². The van der Waals surface area contributed by atoms with Gasteiger partial charge < -0.3 is 14.5 Å². The van der Waals surface area contributed by atoms with E-state index in [0.717, 1.165) is 36.9 Å². The zero-order valence-corrected chi connectivity index (χ0v) is 23.0. The number of para-hydroxylation sites is 1. The summed E-state index contributed by atoms with van der Waals surface area (Å²) in [7, 11) is 1.58. The van der Waals surface area contributed by atoms with E-state index in [4.69, 9.17) is 4.74 Å². The van der Waals surface area contributed by atoms with E-state index in [9.17, 15) is 14.4 Å². The number of nitrogens with one attached hydrogen (secondary N) is 1. The molecule has 0 unspecified atom stereocenters. The number of carbonyl (C=O) groups is 3. The average molecular weight is 540 g/mol. The molecular weight excluding hydrogens is 506 g/mol. The Balaban J connectivity index is 1.50. The molecule has 5 rings (SSSR count). The first kappa shape index (κ1) is 26.9. The Labute approximate surface area is 233 Å². The van der Waals surface area contributed by atoms with Gasteiger partial charge in [0.05, 0.1) is 12.8 Å². The molecule has 0 atom stereocenters. The molecule has 0 spiro atoms. The minimum Gasteiger partial charge on any atom is -0.497 e. The SMILES string of the molecule is COc1ccc(N(C(=O)CN2C=CN(c3ccccc3)C(=O)C(=Cc3n[nH]c4c3CCCC4)C2=O)C(C)C)cc1. The molecule has 0 saturated heterocycles. The monoisotopic (exact) mass is 539 g/mol. The lowest BCUT2D eigenvalue weighted by Gasteiger charge is -2.29. The first-order valence-corrected chi connectivity index (χ1v) is 13.5. The maximum absolute atomic E-state index is 13.9. The largest absolute Gasteiger partial charge is 0.497 e. The molecule has 2 aromatic carbocycles. The summed E-state index contributed by atoms with van der Waals surface area (Å²) in [6.07, 6.45) is 8.43. The van der Waals surface area contributed by atoms with Crippen LogP contribution in [0.4, 0.5) is 11.4 Å². The number of hydrogen-bond acceptors (Lipinski definition) is 5. The second-order valence-electron chi connectivity index (χ2n) is 10.1. The summed E-state index contributed by atoms with van der Waals surface area (Å²) in [5.74, 6) is -0.638. The molecule has 0 bridgehead atoms. The molecule has 0 fully saturated rings. The Morgan fingerprint density at radius 2 is 1.75 bits per heavy atom. The maximum Gasteiger partial charge on any atom is 0.268 e. The van der Waals surface area contributed by atoms with Crippen LogP contribution in [0.1, 0.15) is 43.6 Å². The third kappa shape index (κ3) is 5.40.